The molecule has 1 aliphatic carbocycles. The van der Waals surface area contributed by atoms with E-state index < -0.39 is 0 Å². The van der Waals surface area contributed by atoms with Gasteiger partial charge in [0.2, 0.25) is 0 Å². The Morgan fingerprint density at radius 1 is 1.32 bits per heavy atom. The number of benzene rings is 1. The molecule has 0 spiro atoms. The third-order valence-corrected chi connectivity index (χ3v) is 5.30. The van der Waals surface area contributed by atoms with Crippen molar-refractivity contribution in [2.45, 2.75) is 31.7 Å². The number of hydrogen-bond acceptors (Lipinski definition) is 3. The van der Waals surface area contributed by atoms with Gasteiger partial charge in [0.25, 0.3) is 0 Å². The van der Waals surface area contributed by atoms with Gasteiger partial charge in [-0.05, 0) is 50.4 Å². The van der Waals surface area contributed by atoms with Crippen LogP contribution in [0.4, 0.5) is 0 Å². The molecular weight excluding hydrogens is 320 g/mol. The Balaban J connectivity index is 1.96. The van der Waals surface area contributed by atoms with Crippen molar-refractivity contribution in [1.82, 2.24) is 10.3 Å². The third kappa shape index (κ3) is 2.76. The van der Waals surface area contributed by atoms with Crippen LogP contribution in [-0.2, 0) is 12.8 Å². The molecule has 4 heteroatoms. The maximum Gasteiger partial charge on any atom is 0.115 e. The second-order valence-electron chi connectivity index (χ2n) is 4.91. The molecule has 3 rings (SSSR count). The quantitative estimate of drug-likeness (QED) is 0.912. The Labute approximate surface area is 126 Å². The van der Waals surface area contributed by atoms with E-state index in [0.717, 1.165) is 10.9 Å². The number of aryl methyl sites for hydroxylation is 2. The van der Waals surface area contributed by atoms with Crippen molar-refractivity contribution in [3.63, 3.8) is 0 Å². The second-order valence-corrected chi connectivity index (χ2v) is 6.94. The van der Waals surface area contributed by atoms with E-state index in [1.807, 2.05) is 18.4 Å². The molecule has 1 heterocycles. The summed E-state index contributed by atoms with van der Waals surface area (Å²) in [4.78, 5) is 6.37. The number of nitrogens with one attached hydrogen (secondary N) is 1. The summed E-state index contributed by atoms with van der Waals surface area (Å²) in [6.45, 7) is 0. The van der Waals surface area contributed by atoms with Gasteiger partial charge in [0.15, 0.2) is 0 Å². The van der Waals surface area contributed by atoms with Gasteiger partial charge in [0, 0.05) is 9.35 Å². The van der Waals surface area contributed by atoms with Gasteiger partial charge < -0.3 is 5.32 Å². The van der Waals surface area contributed by atoms with Crippen LogP contribution in [0.25, 0.3) is 0 Å². The Morgan fingerprint density at radius 2 is 2.16 bits per heavy atom. The van der Waals surface area contributed by atoms with Crippen molar-refractivity contribution in [3.8, 4) is 0 Å². The van der Waals surface area contributed by atoms with Crippen molar-refractivity contribution in [2.75, 3.05) is 7.05 Å². The molecule has 1 unspecified atom stereocenters. The molecule has 2 aromatic rings. The zero-order valence-electron chi connectivity index (χ0n) is 10.9. The second kappa shape index (κ2) is 5.73. The highest BCUT2D eigenvalue weighted by atomic mass is 79.9. The highest BCUT2D eigenvalue weighted by Gasteiger charge is 2.21. The van der Waals surface area contributed by atoms with E-state index >= 15 is 0 Å². The van der Waals surface area contributed by atoms with Crippen molar-refractivity contribution >= 4 is 27.3 Å². The fraction of sp³-hybridized carbons (Fsp3) is 0.400. The van der Waals surface area contributed by atoms with Crippen LogP contribution < -0.4 is 5.32 Å². The lowest BCUT2D eigenvalue weighted by Gasteiger charge is -2.14. The fourth-order valence-electron chi connectivity index (χ4n) is 2.61. The van der Waals surface area contributed by atoms with E-state index in [-0.39, 0.29) is 6.04 Å². The molecule has 100 valence electrons. The predicted octanol–water partition coefficient (Wildman–Crippen LogP) is 4.09. The number of hydrogen-bond donors (Lipinski definition) is 1. The van der Waals surface area contributed by atoms with E-state index in [4.69, 9.17) is 4.98 Å². The van der Waals surface area contributed by atoms with Crippen LogP contribution in [0.3, 0.4) is 0 Å². The Morgan fingerprint density at radius 3 is 2.89 bits per heavy atom. The van der Waals surface area contributed by atoms with Crippen molar-refractivity contribution in [2.24, 2.45) is 0 Å². The first-order valence-electron chi connectivity index (χ1n) is 6.69. The molecule has 0 bridgehead atoms. The number of halogens is 1. The fourth-order valence-corrected chi connectivity index (χ4v) is 4.32. The van der Waals surface area contributed by atoms with Gasteiger partial charge in [-0.3, -0.25) is 0 Å². The summed E-state index contributed by atoms with van der Waals surface area (Å²) < 4.78 is 1.12. The molecule has 19 heavy (non-hydrogen) atoms. The highest BCUT2D eigenvalue weighted by molar-refractivity contribution is 9.10. The lowest BCUT2D eigenvalue weighted by Crippen LogP contribution is -2.17. The highest BCUT2D eigenvalue weighted by Crippen LogP contribution is 2.32. The number of fused-ring (bicyclic) bond motifs is 1. The van der Waals surface area contributed by atoms with Gasteiger partial charge in [-0.2, -0.15) is 0 Å². The van der Waals surface area contributed by atoms with Crippen LogP contribution in [-0.4, -0.2) is 12.0 Å². The maximum absolute atomic E-state index is 4.87. The Kier molecular flexibility index (Phi) is 4.01. The molecule has 1 atom stereocenters. The molecule has 1 aromatic carbocycles. The summed E-state index contributed by atoms with van der Waals surface area (Å²) in [5.41, 5.74) is 2.60. The summed E-state index contributed by atoms with van der Waals surface area (Å²) >= 11 is 5.42. The number of thiazole rings is 1. The summed E-state index contributed by atoms with van der Waals surface area (Å²) in [5, 5.41) is 4.60. The van der Waals surface area contributed by atoms with E-state index in [1.54, 1.807) is 0 Å². The van der Waals surface area contributed by atoms with E-state index in [9.17, 15) is 0 Å². The lowest BCUT2D eigenvalue weighted by atomic mass is 10.0. The molecule has 0 radical (unpaired) electrons. The zero-order valence-corrected chi connectivity index (χ0v) is 13.4. The average Bonchev–Trinajstić information content (AvgIpc) is 2.83. The van der Waals surface area contributed by atoms with Gasteiger partial charge in [0.05, 0.1) is 11.7 Å². The molecular formula is C15H17BrN2S. The van der Waals surface area contributed by atoms with Gasteiger partial charge in [-0.1, -0.05) is 28.1 Å². The largest absolute Gasteiger partial charge is 0.307 e. The van der Waals surface area contributed by atoms with Crippen LogP contribution in [0.1, 0.15) is 40.0 Å². The van der Waals surface area contributed by atoms with Crippen LogP contribution in [0.2, 0.25) is 0 Å². The minimum Gasteiger partial charge on any atom is -0.307 e. The summed E-state index contributed by atoms with van der Waals surface area (Å²) in [5.74, 6) is 0. The third-order valence-electron chi connectivity index (χ3n) is 3.58. The first kappa shape index (κ1) is 13.3. The summed E-state index contributed by atoms with van der Waals surface area (Å²) in [7, 11) is 2.01. The first-order valence-corrected chi connectivity index (χ1v) is 8.30. The SMILES string of the molecule is CNC(c1cccc(Br)c1)c1nc2c(s1)CCCC2. The zero-order chi connectivity index (χ0) is 13.2. The maximum atomic E-state index is 4.87. The summed E-state index contributed by atoms with van der Waals surface area (Å²) in [6, 6.07) is 8.67. The number of aromatic nitrogens is 1. The minimum absolute atomic E-state index is 0.202. The monoisotopic (exact) mass is 336 g/mol. The van der Waals surface area contributed by atoms with Gasteiger partial charge >= 0.3 is 0 Å². The normalized spacial score (nSPS) is 16.1. The van der Waals surface area contributed by atoms with Crippen molar-refractivity contribution < 1.29 is 0 Å². The van der Waals surface area contributed by atoms with E-state index in [1.165, 1.54) is 40.4 Å². The van der Waals surface area contributed by atoms with Gasteiger partial charge in [-0.25, -0.2) is 4.98 Å². The van der Waals surface area contributed by atoms with E-state index in [2.05, 4.69) is 45.5 Å². The molecule has 0 amide bonds. The molecule has 0 saturated carbocycles. The Hall–Kier alpha value is -0.710. The molecule has 0 aliphatic heterocycles. The lowest BCUT2D eigenvalue weighted by molar-refractivity contribution is 0.661. The number of nitrogens with zero attached hydrogens (tertiary/aromatic N) is 1. The number of rotatable bonds is 3. The van der Waals surface area contributed by atoms with E-state index in [0.29, 0.717) is 0 Å². The average molecular weight is 337 g/mol. The van der Waals surface area contributed by atoms with Crippen molar-refractivity contribution in [3.05, 3.63) is 49.9 Å². The first-order chi connectivity index (χ1) is 9.28. The minimum atomic E-state index is 0.202. The molecule has 0 saturated heterocycles. The predicted molar refractivity (Wildman–Crippen MR) is 83.8 cm³/mol. The standard InChI is InChI=1S/C15H17BrN2S/c1-17-14(10-5-4-6-11(16)9-10)15-18-12-7-2-3-8-13(12)19-15/h4-6,9,14,17H,2-3,7-8H2,1H3. The molecule has 2 nitrogen and oxygen atoms in total. The summed E-state index contributed by atoms with van der Waals surface area (Å²) in [6.07, 6.45) is 4.97. The van der Waals surface area contributed by atoms with Gasteiger partial charge in [-0.15, -0.1) is 11.3 Å². The molecule has 1 N–H and O–H groups in total. The van der Waals surface area contributed by atoms with Crippen molar-refractivity contribution in [1.29, 1.82) is 0 Å². The molecule has 0 fully saturated rings. The van der Waals surface area contributed by atoms with Gasteiger partial charge in [0.1, 0.15) is 5.01 Å². The van der Waals surface area contributed by atoms with Crippen LogP contribution in [0.5, 0.6) is 0 Å². The smallest absolute Gasteiger partial charge is 0.115 e. The van der Waals surface area contributed by atoms with Crippen LogP contribution in [0, 0.1) is 0 Å². The molecule has 1 aromatic heterocycles. The topological polar surface area (TPSA) is 24.9 Å². The van der Waals surface area contributed by atoms with Crippen LogP contribution >= 0.6 is 27.3 Å². The molecule has 1 aliphatic rings. The Bertz CT molecular complexity index is 556. The van der Waals surface area contributed by atoms with Crippen LogP contribution in [0.15, 0.2) is 28.7 Å².